The highest BCUT2D eigenvalue weighted by Gasteiger charge is 2.34. The summed E-state index contributed by atoms with van der Waals surface area (Å²) in [5, 5.41) is 0.614. The molecule has 7 heteroatoms. The van der Waals surface area contributed by atoms with Crippen molar-refractivity contribution in [1.29, 1.82) is 0 Å². The van der Waals surface area contributed by atoms with Crippen molar-refractivity contribution in [3.8, 4) is 5.75 Å². The van der Waals surface area contributed by atoms with Gasteiger partial charge in [-0.15, -0.1) is 0 Å². The lowest BCUT2D eigenvalue weighted by molar-refractivity contribution is -0.136. The van der Waals surface area contributed by atoms with Gasteiger partial charge in [0.2, 0.25) is 0 Å². The Morgan fingerprint density at radius 2 is 1.79 bits per heavy atom. The lowest BCUT2D eigenvalue weighted by atomic mass is 10.0. The van der Waals surface area contributed by atoms with E-state index in [0.29, 0.717) is 29.7 Å². The third-order valence-corrected chi connectivity index (χ3v) is 7.15. The molecule has 2 aromatic carbocycles. The molecule has 29 heavy (non-hydrogen) atoms. The number of carbonyl (C=O) groups is 1. The van der Waals surface area contributed by atoms with Crippen molar-refractivity contribution in [2.75, 3.05) is 18.1 Å². The van der Waals surface area contributed by atoms with E-state index in [1.165, 1.54) is 5.56 Å². The quantitative estimate of drug-likeness (QED) is 0.657. The molecule has 1 fully saturated rings. The van der Waals surface area contributed by atoms with Gasteiger partial charge in [0.05, 0.1) is 11.5 Å². The molecule has 1 aliphatic heterocycles. The van der Waals surface area contributed by atoms with E-state index < -0.39 is 9.84 Å². The number of rotatable bonds is 7. The van der Waals surface area contributed by atoms with E-state index >= 15 is 0 Å². The highest BCUT2D eigenvalue weighted by molar-refractivity contribution is 7.91. The van der Waals surface area contributed by atoms with Crippen LogP contribution in [-0.2, 0) is 21.2 Å². The number of ether oxygens (including phenoxy) is 1. The predicted octanol–water partition coefficient (Wildman–Crippen LogP) is 4.06. The summed E-state index contributed by atoms with van der Waals surface area (Å²) in [6.07, 6.45) is 0.449. The van der Waals surface area contributed by atoms with E-state index in [1.54, 1.807) is 17.0 Å². The molecule has 0 N–H and O–H groups in total. The Bertz CT molecular complexity index is 940. The molecule has 2 aromatic rings. The van der Waals surface area contributed by atoms with Gasteiger partial charge < -0.3 is 9.64 Å². The van der Waals surface area contributed by atoms with Crippen LogP contribution in [0.1, 0.15) is 37.3 Å². The molecular formula is C22H26ClNO4S. The van der Waals surface area contributed by atoms with E-state index in [0.717, 1.165) is 5.56 Å². The number of halogens is 1. The molecule has 1 atom stereocenters. The first-order valence-electron chi connectivity index (χ1n) is 9.70. The summed E-state index contributed by atoms with van der Waals surface area (Å²) in [6.45, 7) is 4.42. The van der Waals surface area contributed by atoms with Gasteiger partial charge in [-0.2, -0.15) is 0 Å². The molecule has 0 radical (unpaired) electrons. The van der Waals surface area contributed by atoms with Gasteiger partial charge in [-0.25, -0.2) is 8.42 Å². The molecule has 156 valence electrons. The number of nitrogens with zero attached hydrogens (tertiary/aromatic N) is 1. The zero-order valence-corrected chi connectivity index (χ0v) is 18.2. The summed E-state index contributed by atoms with van der Waals surface area (Å²) >= 11 is 5.94. The lowest BCUT2D eigenvalue weighted by Gasteiger charge is -2.28. The van der Waals surface area contributed by atoms with Gasteiger partial charge in [0, 0.05) is 17.6 Å². The van der Waals surface area contributed by atoms with Crippen LogP contribution >= 0.6 is 11.6 Å². The van der Waals surface area contributed by atoms with Crippen LogP contribution in [0.15, 0.2) is 48.5 Å². The Kier molecular flexibility index (Phi) is 6.85. The third-order valence-electron chi connectivity index (χ3n) is 5.14. The van der Waals surface area contributed by atoms with E-state index in [1.807, 2.05) is 36.4 Å². The summed E-state index contributed by atoms with van der Waals surface area (Å²) < 4.78 is 29.6. The van der Waals surface area contributed by atoms with Gasteiger partial charge >= 0.3 is 0 Å². The molecule has 0 unspecified atom stereocenters. The summed E-state index contributed by atoms with van der Waals surface area (Å²) in [5.41, 5.74) is 2.09. The largest absolute Gasteiger partial charge is 0.484 e. The molecule has 1 aliphatic rings. The van der Waals surface area contributed by atoms with E-state index in [4.69, 9.17) is 16.3 Å². The topological polar surface area (TPSA) is 63.7 Å². The molecule has 0 aliphatic carbocycles. The summed E-state index contributed by atoms with van der Waals surface area (Å²) in [5.74, 6) is 0.919. The van der Waals surface area contributed by atoms with Crippen molar-refractivity contribution in [2.24, 2.45) is 0 Å². The molecule has 3 rings (SSSR count). The Hall–Kier alpha value is -2.05. The highest BCUT2D eigenvalue weighted by Crippen LogP contribution is 2.22. The summed E-state index contributed by atoms with van der Waals surface area (Å²) in [4.78, 5) is 14.6. The fraction of sp³-hybridized carbons (Fsp3) is 0.409. The average Bonchev–Trinajstić information content (AvgIpc) is 3.05. The standard InChI is InChI=1S/C22H26ClNO4S/c1-16(2)18-5-9-21(10-6-18)28-14-22(25)24(20-11-12-29(26,27)15-20)13-17-3-7-19(23)8-4-17/h3-10,16,20H,11-15H2,1-2H3/t20-/m1/s1. The normalized spacial score (nSPS) is 18.0. The smallest absolute Gasteiger partial charge is 0.261 e. The third kappa shape index (κ3) is 5.97. The second-order valence-corrected chi connectivity index (χ2v) is 10.4. The molecular weight excluding hydrogens is 410 g/mol. The van der Waals surface area contributed by atoms with Crippen molar-refractivity contribution >= 4 is 27.3 Å². The second kappa shape index (κ2) is 9.18. The van der Waals surface area contributed by atoms with Gasteiger partial charge in [-0.1, -0.05) is 49.7 Å². The lowest BCUT2D eigenvalue weighted by Crippen LogP contribution is -2.43. The van der Waals surface area contributed by atoms with Crippen molar-refractivity contribution in [2.45, 2.75) is 38.8 Å². The van der Waals surface area contributed by atoms with Gasteiger partial charge in [0.1, 0.15) is 5.75 Å². The zero-order valence-electron chi connectivity index (χ0n) is 16.7. The molecule has 5 nitrogen and oxygen atoms in total. The zero-order chi connectivity index (χ0) is 21.0. The molecule has 0 aromatic heterocycles. The second-order valence-electron chi connectivity index (χ2n) is 7.72. The van der Waals surface area contributed by atoms with Crippen LogP contribution in [0.2, 0.25) is 5.02 Å². The molecule has 1 heterocycles. The average molecular weight is 436 g/mol. The first-order chi connectivity index (χ1) is 13.7. The molecule has 0 bridgehead atoms. The Morgan fingerprint density at radius 1 is 1.14 bits per heavy atom. The Morgan fingerprint density at radius 3 is 2.34 bits per heavy atom. The van der Waals surface area contributed by atoms with Crippen molar-refractivity contribution < 1.29 is 17.9 Å². The summed E-state index contributed by atoms with van der Waals surface area (Å²) in [6, 6.07) is 14.6. The van der Waals surface area contributed by atoms with Crippen LogP contribution in [0.3, 0.4) is 0 Å². The Balaban J connectivity index is 1.70. The van der Waals surface area contributed by atoms with Gasteiger partial charge in [0.25, 0.3) is 5.91 Å². The predicted molar refractivity (Wildman–Crippen MR) is 115 cm³/mol. The van der Waals surface area contributed by atoms with Crippen molar-refractivity contribution in [3.63, 3.8) is 0 Å². The molecule has 1 amide bonds. The van der Waals surface area contributed by atoms with Crippen LogP contribution in [-0.4, -0.2) is 43.4 Å². The maximum atomic E-state index is 12.9. The number of benzene rings is 2. The van der Waals surface area contributed by atoms with Crippen molar-refractivity contribution in [1.82, 2.24) is 4.90 Å². The van der Waals surface area contributed by atoms with Crippen LogP contribution < -0.4 is 4.74 Å². The number of amides is 1. The minimum Gasteiger partial charge on any atom is -0.484 e. The first kappa shape index (κ1) is 21.7. The molecule has 1 saturated heterocycles. The monoisotopic (exact) mass is 435 g/mol. The number of carbonyl (C=O) groups excluding carboxylic acids is 1. The fourth-order valence-corrected chi connectivity index (χ4v) is 5.26. The first-order valence-corrected chi connectivity index (χ1v) is 11.9. The fourth-order valence-electron chi connectivity index (χ4n) is 3.41. The minimum absolute atomic E-state index is 0.00455. The maximum absolute atomic E-state index is 12.9. The van der Waals surface area contributed by atoms with Crippen LogP contribution in [0.25, 0.3) is 0 Å². The van der Waals surface area contributed by atoms with Gasteiger partial charge in [-0.3, -0.25) is 4.79 Å². The van der Waals surface area contributed by atoms with Crippen LogP contribution in [0.5, 0.6) is 5.75 Å². The minimum atomic E-state index is -3.11. The van der Waals surface area contributed by atoms with Crippen LogP contribution in [0.4, 0.5) is 0 Å². The van der Waals surface area contributed by atoms with E-state index in [9.17, 15) is 13.2 Å². The Labute approximate surface area is 177 Å². The molecule has 0 saturated carbocycles. The van der Waals surface area contributed by atoms with E-state index in [-0.39, 0.29) is 30.1 Å². The van der Waals surface area contributed by atoms with Gasteiger partial charge in [0.15, 0.2) is 16.4 Å². The van der Waals surface area contributed by atoms with Crippen molar-refractivity contribution in [3.05, 3.63) is 64.7 Å². The SMILES string of the molecule is CC(C)c1ccc(OCC(=O)N(Cc2ccc(Cl)cc2)[C@@H]2CCS(=O)(=O)C2)cc1. The maximum Gasteiger partial charge on any atom is 0.261 e. The number of hydrogen-bond acceptors (Lipinski definition) is 4. The van der Waals surface area contributed by atoms with Gasteiger partial charge in [-0.05, 0) is 47.7 Å². The number of sulfone groups is 1. The highest BCUT2D eigenvalue weighted by atomic mass is 35.5. The van der Waals surface area contributed by atoms with Crippen LogP contribution in [0, 0.1) is 0 Å². The van der Waals surface area contributed by atoms with E-state index in [2.05, 4.69) is 13.8 Å². The number of hydrogen-bond donors (Lipinski definition) is 0. The molecule has 0 spiro atoms. The summed E-state index contributed by atoms with van der Waals surface area (Å²) in [7, 11) is -3.11.